The van der Waals surface area contributed by atoms with Gasteiger partial charge in [0.15, 0.2) is 5.82 Å². The van der Waals surface area contributed by atoms with Gasteiger partial charge in [-0.15, -0.1) is 11.6 Å². The Labute approximate surface area is 110 Å². The van der Waals surface area contributed by atoms with E-state index < -0.39 is 0 Å². The number of hydrogen-bond donors (Lipinski definition) is 0. The molecule has 0 aliphatic heterocycles. The zero-order valence-corrected chi connectivity index (χ0v) is 10.7. The van der Waals surface area contributed by atoms with Gasteiger partial charge in [-0.25, -0.2) is 0 Å². The molecule has 0 radical (unpaired) electrons. The number of nitrogens with zero attached hydrogens (tertiary/aromatic N) is 3. The first-order valence-electron chi connectivity index (χ1n) is 5.72. The van der Waals surface area contributed by atoms with E-state index in [1.165, 1.54) is 0 Å². The maximum atomic E-state index is 8.72. The summed E-state index contributed by atoms with van der Waals surface area (Å²) in [4.78, 5) is 4.26. The summed E-state index contributed by atoms with van der Waals surface area (Å²) in [7, 11) is 0. The molecule has 1 heterocycles. The van der Waals surface area contributed by atoms with Crippen LogP contribution in [0.3, 0.4) is 0 Å². The van der Waals surface area contributed by atoms with Crippen LogP contribution in [-0.2, 0) is 0 Å². The molecule has 0 saturated carbocycles. The minimum absolute atomic E-state index is 0.217. The smallest absolute Gasteiger partial charge is 0.257 e. The lowest BCUT2D eigenvalue weighted by Crippen LogP contribution is -1.92. The van der Waals surface area contributed by atoms with E-state index in [2.05, 4.69) is 23.1 Å². The van der Waals surface area contributed by atoms with Gasteiger partial charge in [0.2, 0.25) is 0 Å². The van der Waals surface area contributed by atoms with Crippen LogP contribution in [0.4, 0.5) is 0 Å². The number of hydrogen-bond acceptors (Lipinski definition) is 4. The number of rotatable bonds is 4. The third kappa shape index (κ3) is 2.69. The Morgan fingerprint density at radius 3 is 2.72 bits per heavy atom. The molecule has 0 fully saturated rings. The molecule has 2 rings (SSSR count). The second kappa shape index (κ2) is 5.65. The Kier molecular flexibility index (Phi) is 3.96. The first-order chi connectivity index (χ1) is 8.74. The molecule has 1 aromatic carbocycles. The van der Waals surface area contributed by atoms with E-state index in [1.54, 1.807) is 24.3 Å². The van der Waals surface area contributed by atoms with E-state index in [0.717, 1.165) is 18.4 Å². The van der Waals surface area contributed by atoms with Gasteiger partial charge < -0.3 is 4.52 Å². The van der Waals surface area contributed by atoms with Crippen LogP contribution in [0.25, 0.3) is 11.5 Å². The first kappa shape index (κ1) is 12.6. The second-order valence-electron chi connectivity index (χ2n) is 3.90. The van der Waals surface area contributed by atoms with Crippen molar-refractivity contribution in [3.8, 4) is 17.5 Å². The molecule has 0 spiro atoms. The van der Waals surface area contributed by atoms with Crippen molar-refractivity contribution in [2.75, 3.05) is 0 Å². The van der Waals surface area contributed by atoms with Crippen LogP contribution in [0.1, 0.15) is 36.5 Å². The van der Waals surface area contributed by atoms with Gasteiger partial charge in [-0.05, 0) is 30.7 Å². The van der Waals surface area contributed by atoms with Crippen LogP contribution in [0.5, 0.6) is 0 Å². The molecule has 0 aliphatic carbocycles. The van der Waals surface area contributed by atoms with E-state index >= 15 is 0 Å². The summed E-state index contributed by atoms with van der Waals surface area (Å²) in [6.07, 6.45) is 1.78. The van der Waals surface area contributed by atoms with Crippen molar-refractivity contribution in [1.82, 2.24) is 10.1 Å². The summed E-state index contributed by atoms with van der Waals surface area (Å²) in [6.45, 7) is 2.05. The molecule has 1 atom stereocenters. The average Bonchev–Trinajstić information content (AvgIpc) is 2.89. The average molecular weight is 262 g/mol. The van der Waals surface area contributed by atoms with Crippen LogP contribution in [0.2, 0.25) is 0 Å². The standard InChI is InChI=1S/C13H12ClN3O/c1-2-3-11(14)12-16-13(18-17-12)10-6-4-9(8-15)5-7-10/h4-7,11H,2-3H2,1H3. The molecule has 4 nitrogen and oxygen atoms in total. The van der Waals surface area contributed by atoms with E-state index in [4.69, 9.17) is 21.4 Å². The maximum absolute atomic E-state index is 8.72. The van der Waals surface area contributed by atoms with Crippen molar-refractivity contribution in [2.24, 2.45) is 0 Å². The predicted molar refractivity (Wildman–Crippen MR) is 68.0 cm³/mol. The van der Waals surface area contributed by atoms with Crippen molar-refractivity contribution in [3.63, 3.8) is 0 Å². The van der Waals surface area contributed by atoms with Gasteiger partial charge in [0.25, 0.3) is 5.89 Å². The van der Waals surface area contributed by atoms with Gasteiger partial charge in [0.05, 0.1) is 17.0 Å². The van der Waals surface area contributed by atoms with Crippen LogP contribution >= 0.6 is 11.6 Å². The number of alkyl halides is 1. The molecule has 5 heteroatoms. The molecule has 0 N–H and O–H groups in total. The van der Waals surface area contributed by atoms with E-state index in [0.29, 0.717) is 17.3 Å². The van der Waals surface area contributed by atoms with E-state index in [9.17, 15) is 0 Å². The fourth-order valence-corrected chi connectivity index (χ4v) is 1.86. The fraction of sp³-hybridized carbons (Fsp3) is 0.308. The number of benzene rings is 1. The SMILES string of the molecule is CCCC(Cl)c1noc(-c2ccc(C#N)cc2)n1. The van der Waals surface area contributed by atoms with Crippen molar-refractivity contribution in [2.45, 2.75) is 25.1 Å². The summed E-state index contributed by atoms with van der Waals surface area (Å²) in [6, 6.07) is 9.03. The minimum atomic E-state index is -0.217. The highest BCUT2D eigenvalue weighted by Crippen LogP contribution is 2.25. The van der Waals surface area contributed by atoms with Gasteiger partial charge in [-0.1, -0.05) is 18.5 Å². The molecular formula is C13H12ClN3O. The molecular weight excluding hydrogens is 250 g/mol. The number of halogens is 1. The molecule has 18 heavy (non-hydrogen) atoms. The topological polar surface area (TPSA) is 62.7 Å². The first-order valence-corrected chi connectivity index (χ1v) is 6.16. The normalized spacial score (nSPS) is 12.1. The zero-order valence-electron chi connectivity index (χ0n) is 9.93. The fourth-order valence-electron chi connectivity index (χ4n) is 1.55. The zero-order chi connectivity index (χ0) is 13.0. The van der Waals surface area contributed by atoms with Gasteiger partial charge in [0, 0.05) is 5.56 Å². The van der Waals surface area contributed by atoms with Crippen LogP contribution in [0, 0.1) is 11.3 Å². The quantitative estimate of drug-likeness (QED) is 0.788. The van der Waals surface area contributed by atoms with Gasteiger partial charge >= 0.3 is 0 Å². The van der Waals surface area contributed by atoms with Crippen molar-refractivity contribution >= 4 is 11.6 Å². The van der Waals surface area contributed by atoms with Gasteiger partial charge in [0.1, 0.15) is 0 Å². The second-order valence-corrected chi connectivity index (χ2v) is 4.43. The maximum Gasteiger partial charge on any atom is 0.257 e. The largest absolute Gasteiger partial charge is 0.334 e. The molecule has 1 unspecified atom stereocenters. The monoisotopic (exact) mass is 261 g/mol. The van der Waals surface area contributed by atoms with Crippen LogP contribution in [-0.4, -0.2) is 10.1 Å². The van der Waals surface area contributed by atoms with Gasteiger partial charge in [-0.2, -0.15) is 10.2 Å². The summed E-state index contributed by atoms with van der Waals surface area (Å²) >= 11 is 6.13. The Hall–Kier alpha value is -1.86. The van der Waals surface area contributed by atoms with E-state index in [1.807, 2.05) is 0 Å². The third-order valence-electron chi connectivity index (χ3n) is 2.52. The molecule has 92 valence electrons. The highest BCUT2D eigenvalue weighted by molar-refractivity contribution is 6.20. The lowest BCUT2D eigenvalue weighted by Gasteiger charge is -1.99. The Bertz CT molecular complexity index is 556. The highest BCUT2D eigenvalue weighted by atomic mass is 35.5. The molecule has 0 saturated heterocycles. The van der Waals surface area contributed by atoms with Crippen molar-refractivity contribution in [3.05, 3.63) is 35.7 Å². The Morgan fingerprint density at radius 2 is 2.11 bits per heavy atom. The molecule has 0 aliphatic rings. The minimum Gasteiger partial charge on any atom is -0.334 e. The molecule has 1 aromatic heterocycles. The van der Waals surface area contributed by atoms with E-state index in [-0.39, 0.29) is 5.38 Å². The lowest BCUT2D eigenvalue weighted by atomic mass is 10.1. The highest BCUT2D eigenvalue weighted by Gasteiger charge is 2.15. The van der Waals surface area contributed by atoms with Gasteiger partial charge in [-0.3, -0.25) is 0 Å². The number of aromatic nitrogens is 2. The molecule has 0 bridgehead atoms. The molecule has 0 amide bonds. The van der Waals surface area contributed by atoms with Crippen LogP contribution in [0.15, 0.2) is 28.8 Å². The van der Waals surface area contributed by atoms with Crippen molar-refractivity contribution < 1.29 is 4.52 Å². The summed E-state index contributed by atoms with van der Waals surface area (Å²) in [5.74, 6) is 0.939. The third-order valence-corrected chi connectivity index (χ3v) is 2.94. The van der Waals surface area contributed by atoms with Crippen molar-refractivity contribution in [1.29, 1.82) is 5.26 Å². The predicted octanol–water partition coefficient (Wildman–Crippen LogP) is 3.69. The Morgan fingerprint density at radius 1 is 1.39 bits per heavy atom. The van der Waals surface area contributed by atoms with Crippen LogP contribution < -0.4 is 0 Å². The summed E-state index contributed by atoms with van der Waals surface area (Å²) in [5.41, 5.74) is 1.38. The summed E-state index contributed by atoms with van der Waals surface area (Å²) in [5, 5.41) is 12.4. The Balaban J connectivity index is 2.21. The number of nitriles is 1. The lowest BCUT2D eigenvalue weighted by molar-refractivity contribution is 0.420. The molecule has 2 aromatic rings. The summed E-state index contributed by atoms with van der Waals surface area (Å²) < 4.78 is 5.16.